The number of hydrogen-bond acceptors (Lipinski definition) is 2. The van der Waals surface area contributed by atoms with E-state index in [1.807, 2.05) is 12.1 Å². The van der Waals surface area contributed by atoms with Crippen LogP contribution < -0.4 is 10.5 Å². The van der Waals surface area contributed by atoms with Crippen LogP contribution in [0.25, 0.3) is 0 Å². The number of rotatable bonds is 4. The van der Waals surface area contributed by atoms with Crippen molar-refractivity contribution in [2.24, 2.45) is 5.73 Å². The monoisotopic (exact) mass is 311 g/mol. The topological polar surface area (TPSA) is 35.2 Å². The summed E-state index contributed by atoms with van der Waals surface area (Å²) in [6, 6.07) is 6.25. The van der Waals surface area contributed by atoms with Gasteiger partial charge in [0.1, 0.15) is 11.4 Å². The second-order valence-corrected chi connectivity index (χ2v) is 6.15. The molecule has 2 atom stereocenters. The Morgan fingerprint density at radius 3 is 2.89 bits per heavy atom. The van der Waals surface area contributed by atoms with Gasteiger partial charge in [-0.3, -0.25) is 0 Å². The van der Waals surface area contributed by atoms with Gasteiger partial charge in [0, 0.05) is 22.5 Å². The minimum Gasteiger partial charge on any atom is -0.487 e. The molecule has 0 aromatic heterocycles. The number of hydrogen-bond donors (Lipinski definition) is 1. The standard InChI is InChI=1S/C15H22BrNO/c1-3-5-8-15(4-2)10-13(17)12-7-6-11(16)9-14(12)18-15/h6-7,9,13H,3-5,8,10,17H2,1-2H3. The molecule has 0 saturated heterocycles. The molecule has 0 saturated carbocycles. The summed E-state index contributed by atoms with van der Waals surface area (Å²) < 4.78 is 7.36. The van der Waals surface area contributed by atoms with E-state index in [0.29, 0.717) is 0 Å². The Kier molecular flexibility index (Phi) is 4.33. The van der Waals surface area contributed by atoms with Crippen LogP contribution in [0.1, 0.15) is 57.6 Å². The van der Waals surface area contributed by atoms with Crippen LogP contribution in [0.3, 0.4) is 0 Å². The Morgan fingerprint density at radius 1 is 1.44 bits per heavy atom. The molecular weight excluding hydrogens is 290 g/mol. The summed E-state index contributed by atoms with van der Waals surface area (Å²) in [6.07, 6.45) is 5.44. The number of ether oxygens (including phenoxy) is 1. The van der Waals surface area contributed by atoms with Crippen molar-refractivity contribution >= 4 is 15.9 Å². The lowest BCUT2D eigenvalue weighted by Gasteiger charge is -2.41. The highest BCUT2D eigenvalue weighted by Crippen LogP contribution is 2.43. The molecule has 2 rings (SSSR count). The van der Waals surface area contributed by atoms with Gasteiger partial charge < -0.3 is 10.5 Å². The molecule has 3 heteroatoms. The van der Waals surface area contributed by atoms with Crippen LogP contribution in [0.4, 0.5) is 0 Å². The smallest absolute Gasteiger partial charge is 0.126 e. The predicted molar refractivity (Wildman–Crippen MR) is 78.9 cm³/mol. The van der Waals surface area contributed by atoms with Gasteiger partial charge in [0.15, 0.2) is 0 Å². The van der Waals surface area contributed by atoms with E-state index in [2.05, 4.69) is 35.8 Å². The molecule has 0 fully saturated rings. The van der Waals surface area contributed by atoms with Crippen molar-refractivity contribution in [2.75, 3.05) is 0 Å². The summed E-state index contributed by atoms with van der Waals surface area (Å²) in [7, 11) is 0. The van der Waals surface area contributed by atoms with Crippen LogP contribution in [-0.4, -0.2) is 5.60 Å². The van der Waals surface area contributed by atoms with Gasteiger partial charge >= 0.3 is 0 Å². The summed E-state index contributed by atoms with van der Waals surface area (Å²) in [4.78, 5) is 0. The third-order valence-electron chi connectivity index (χ3n) is 3.92. The molecule has 1 heterocycles. The van der Waals surface area contributed by atoms with E-state index in [4.69, 9.17) is 10.5 Å². The zero-order chi connectivity index (χ0) is 13.2. The van der Waals surface area contributed by atoms with Gasteiger partial charge in [-0.1, -0.05) is 42.3 Å². The largest absolute Gasteiger partial charge is 0.487 e. The zero-order valence-corrected chi connectivity index (χ0v) is 12.8. The third kappa shape index (κ3) is 2.72. The maximum absolute atomic E-state index is 6.32. The summed E-state index contributed by atoms with van der Waals surface area (Å²) in [5, 5.41) is 0. The quantitative estimate of drug-likeness (QED) is 0.884. The second-order valence-electron chi connectivity index (χ2n) is 5.23. The molecule has 1 aromatic carbocycles. The molecule has 2 N–H and O–H groups in total. The highest BCUT2D eigenvalue weighted by atomic mass is 79.9. The van der Waals surface area contributed by atoms with E-state index in [0.717, 1.165) is 35.0 Å². The van der Waals surface area contributed by atoms with E-state index < -0.39 is 0 Å². The molecular formula is C15H22BrNO. The minimum atomic E-state index is -0.0662. The Morgan fingerprint density at radius 2 is 2.22 bits per heavy atom. The SMILES string of the molecule is CCCCC1(CC)CC(N)c2ccc(Br)cc2O1. The van der Waals surface area contributed by atoms with Crippen LogP contribution in [-0.2, 0) is 0 Å². The van der Waals surface area contributed by atoms with Crippen molar-refractivity contribution in [1.82, 2.24) is 0 Å². The van der Waals surface area contributed by atoms with Crippen molar-refractivity contribution in [3.05, 3.63) is 28.2 Å². The molecule has 0 amide bonds. The first-order valence-electron chi connectivity index (χ1n) is 6.84. The Bertz CT molecular complexity index is 421. The van der Waals surface area contributed by atoms with E-state index in [-0.39, 0.29) is 11.6 Å². The lowest BCUT2D eigenvalue weighted by molar-refractivity contribution is 0.0217. The fourth-order valence-corrected chi connectivity index (χ4v) is 3.07. The molecule has 0 bridgehead atoms. The minimum absolute atomic E-state index is 0.0662. The van der Waals surface area contributed by atoms with E-state index in [1.54, 1.807) is 0 Å². The van der Waals surface area contributed by atoms with Gasteiger partial charge in [0.05, 0.1) is 0 Å². The van der Waals surface area contributed by atoms with Crippen molar-refractivity contribution in [3.8, 4) is 5.75 Å². The number of fused-ring (bicyclic) bond motifs is 1. The molecule has 100 valence electrons. The third-order valence-corrected chi connectivity index (χ3v) is 4.42. The van der Waals surface area contributed by atoms with Crippen molar-refractivity contribution < 1.29 is 4.74 Å². The highest BCUT2D eigenvalue weighted by Gasteiger charge is 2.37. The first-order chi connectivity index (χ1) is 8.60. The van der Waals surface area contributed by atoms with Crippen LogP contribution in [0.5, 0.6) is 5.75 Å². The van der Waals surface area contributed by atoms with E-state index in [1.165, 1.54) is 12.8 Å². The van der Waals surface area contributed by atoms with Gasteiger partial charge in [-0.2, -0.15) is 0 Å². The van der Waals surface area contributed by atoms with Gasteiger partial charge in [-0.05, 0) is 31.4 Å². The predicted octanol–water partition coefficient (Wildman–Crippen LogP) is 4.57. The molecule has 1 aromatic rings. The van der Waals surface area contributed by atoms with Gasteiger partial charge in [-0.25, -0.2) is 0 Å². The molecule has 0 aliphatic carbocycles. The number of benzene rings is 1. The fraction of sp³-hybridized carbons (Fsp3) is 0.600. The number of nitrogens with two attached hydrogens (primary N) is 1. The highest BCUT2D eigenvalue weighted by molar-refractivity contribution is 9.10. The molecule has 1 aliphatic heterocycles. The zero-order valence-electron chi connectivity index (χ0n) is 11.2. The summed E-state index contributed by atoms with van der Waals surface area (Å²) in [6.45, 7) is 4.42. The number of halogens is 1. The lowest BCUT2D eigenvalue weighted by Crippen LogP contribution is -2.42. The van der Waals surface area contributed by atoms with E-state index >= 15 is 0 Å². The fourth-order valence-electron chi connectivity index (χ4n) is 2.73. The summed E-state index contributed by atoms with van der Waals surface area (Å²) >= 11 is 3.50. The van der Waals surface area contributed by atoms with Crippen molar-refractivity contribution in [3.63, 3.8) is 0 Å². The second kappa shape index (κ2) is 5.62. The average Bonchev–Trinajstić information content (AvgIpc) is 2.36. The Balaban J connectivity index is 2.29. The molecule has 1 aliphatic rings. The van der Waals surface area contributed by atoms with Gasteiger partial charge in [0.25, 0.3) is 0 Å². The molecule has 2 nitrogen and oxygen atoms in total. The van der Waals surface area contributed by atoms with Gasteiger partial charge in [-0.15, -0.1) is 0 Å². The van der Waals surface area contributed by atoms with Crippen LogP contribution in [0.2, 0.25) is 0 Å². The molecule has 0 spiro atoms. The van der Waals surface area contributed by atoms with Crippen LogP contribution >= 0.6 is 15.9 Å². The maximum atomic E-state index is 6.32. The average molecular weight is 312 g/mol. The van der Waals surface area contributed by atoms with Crippen molar-refractivity contribution in [2.45, 2.75) is 57.6 Å². The van der Waals surface area contributed by atoms with Crippen LogP contribution in [0, 0.1) is 0 Å². The summed E-state index contributed by atoms with van der Waals surface area (Å²) in [5.74, 6) is 0.959. The molecule has 18 heavy (non-hydrogen) atoms. The van der Waals surface area contributed by atoms with E-state index in [9.17, 15) is 0 Å². The van der Waals surface area contributed by atoms with Gasteiger partial charge in [0.2, 0.25) is 0 Å². The normalized spacial score (nSPS) is 26.6. The Labute approximate surface area is 118 Å². The Hall–Kier alpha value is -0.540. The molecule has 0 radical (unpaired) electrons. The van der Waals surface area contributed by atoms with Crippen molar-refractivity contribution in [1.29, 1.82) is 0 Å². The molecule has 2 unspecified atom stereocenters. The van der Waals surface area contributed by atoms with Crippen LogP contribution in [0.15, 0.2) is 22.7 Å². The summed E-state index contributed by atoms with van der Waals surface area (Å²) in [5.41, 5.74) is 7.40. The number of unbranched alkanes of at least 4 members (excludes halogenated alkanes) is 1. The first kappa shape index (κ1) is 13.9. The first-order valence-corrected chi connectivity index (χ1v) is 7.63. The lowest BCUT2D eigenvalue weighted by atomic mass is 9.82. The maximum Gasteiger partial charge on any atom is 0.126 e.